The molecule has 3 aliphatic heterocycles. The molecule has 0 spiro atoms. The third-order valence-corrected chi connectivity index (χ3v) is 9.69. The molecule has 0 saturated carbocycles. The second-order valence-corrected chi connectivity index (χ2v) is 11.4. The summed E-state index contributed by atoms with van der Waals surface area (Å²) in [6, 6.07) is 7.03. The first-order valence-corrected chi connectivity index (χ1v) is 12.7. The van der Waals surface area contributed by atoms with Gasteiger partial charge in [0.25, 0.3) is 0 Å². The number of rotatable bonds is 6. The number of hydrogen-bond acceptors (Lipinski definition) is 8. The molecule has 0 amide bonds. The van der Waals surface area contributed by atoms with Gasteiger partial charge >= 0.3 is 0 Å². The van der Waals surface area contributed by atoms with Crippen molar-refractivity contribution in [3.63, 3.8) is 0 Å². The van der Waals surface area contributed by atoms with Crippen LogP contribution in [0.15, 0.2) is 35.7 Å². The highest BCUT2D eigenvalue weighted by Crippen LogP contribution is 2.33. The third kappa shape index (κ3) is 4.79. The number of sulfonamides is 1. The van der Waals surface area contributed by atoms with Gasteiger partial charge in [0.1, 0.15) is 10.3 Å². The van der Waals surface area contributed by atoms with E-state index >= 15 is 0 Å². The quantitative estimate of drug-likeness (QED) is 0.653. The first-order valence-electron chi connectivity index (χ1n) is 10.3. The predicted octanol–water partition coefficient (Wildman–Crippen LogP) is 0.882. The zero-order chi connectivity index (χ0) is 21.1. The number of aliphatic hydroxyl groups is 1. The number of aliphatic hydroxyl groups excluding tert-OH is 1. The van der Waals surface area contributed by atoms with Crippen molar-refractivity contribution in [2.75, 3.05) is 57.4 Å². The normalized spacial score (nSPS) is 28.8. The van der Waals surface area contributed by atoms with Gasteiger partial charge in [-0.15, -0.1) is 11.8 Å². The molecule has 30 heavy (non-hydrogen) atoms. The van der Waals surface area contributed by atoms with E-state index < -0.39 is 14.6 Å². The van der Waals surface area contributed by atoms with Crippen molar-refractivity contribution in [1.82, 2.24) is 9.21 Å². The number of hydrogen-bond donors (Lipinski definition) is 2. The first-order chi connectivity index (χ1) is 14.5. The molecule has 10 heteroatoms. The van der Waals surface area contributed by atoms with Gasteiger partial charge in [-0.05, 0) is 36.1 Å². The van der Waals surface area contributed by atoms with Crippen LogP contribution in [0.25, 0.3) is 0 Å². The molecule has 0 aliphatic carbocycles. The topological polar surface area (TPSA) is 93.6 Å². The Bertz CT molecular complexity index is 841. The van der Waals surface area contributed by atoms with E-state index in [1.165, 1.54) is 11.8 Å². The molecule has 3 aliphatic rings. The largest absolute Gasteiger partial charge is 0.508 e. The number of phenolic OH excluding ortho intramolecular Hbond substituents is 1. The van der Waals surface area contributed by atoms with E-state index in [9.17, 15) is 18.6 Å². The van der Waals surface area contributed by atoms with Crippen LogP contribution in [0.3, 0.4) is 0 Å². The molecule has 4 rings (SSSR count). The van der Waals surface area contributed by atoms with E-state index in [1.807, 2.05) is 23.6 Å². The van der Waals surface area contributed by atoms with Crippen molar-refractivity contribution in [3.8, 4) is 5.75 Å². The van der Waals surface area contributed by atoms with Gasteiger partial charge in [0.15, 0.2) is 0 Å². The van der Waals surface area contributed by atoms with Crippen molar-refractivity contribution in [1.29, 1.82) is 0 Å². The maximum atomic E-state index is 13.2. The average molecular weight is 456 g/mol. The van der Waals surface area contributed by atoms with Crippen LogP contribution in [0.2, 0.25) is 0 Å². The second kappa shape index (κ2) is 9.46. The third-order valence-electron chi connectivity index (χ3n) is 5.87. The molecule has 1 unspecified atom stereocenters. The molecular formula is C20H29N3O5S2. The Balaban J connectivity index is 1.53. The summed E-state index contributed by atoms with van der Waals surface area (Å²) >= 11 is 1.38. The van der Waals surface area contributed by atoms with E-state index in [0.717, 1.165) is 12.2 Å². The van der Waals surface area contributed by atoms with Gasteiger partial charge in [0.2, 0.25) is 10.0 Å². The molecule has 1 aromatic rings. The van der Waals surface area contributed by atoms with Gasteiger partial charge in [-0.3, -0.25) is 4.90 Å². The van der Waals surface area contributed by atoms with Gasteiger partial charge < -0.3 is 19.8 Å². The molecule has 166 valence electrons. The molecule has 2 N–H and O–H groups in total. The monoisotopic (exact) mass is 455 g/mol. The van der Waals surface area contributed by atoms with E-state index in [4.69, 9.17) is 4.74 Å². The highest BCUT2D eigenvalue weighted by molar-refractivity contribution is 8.14. The molecule has 3 atom stereocenters. The van der Waals surface area contributed by atoms with Crippen LogP contribution in [0.4, 0.5) is 5.69 Å². The summed E-state index contributed by atoms with van der Waals surface area (Å²) in [6.07, 6.45) is 2.27. The minimum atomic E-state index is -3.38. The number of ether oxygens (including phenoxy) is 1. The lowest BCUT2D eigenvalue weighted by atomic mass is 10.1. The Morgan fingerprint density at radius 3 is 2.63 bits per heavy atom. The molecule has 2 fully saturated rings. The van der Waals surface area contributed by atoms with Crippen molar-refractivity contribution in [2.45, 2.75) is 23.1 Å². The molecule has 3 heterocycles. The Hall–Kier alpha value is -1.30. The summed E-state index contributed by atoms with van der Waals surface area (Å²) in [4.78, 5) is 4.47. The number of benzene rings is 1. The Labute approximate surface area is 182 Å². The first kappa shape index (κ1) is 21.9. The fraction of sp³-hybridized carbons (Fsp3) is 0.600. The van der Waals surface area contributed by atoms with Crippen LogP contribution in [0, 0.1) is 0 Å². The minimum Gasteiger partial charge on any atom is -0.508 e. The van der Waals surface area contributed by atoms with Crippen LogP contribution in [0.1, 0.15) is 6.42 Å². The van der Waals surface area contributed by atoms with Gasteiger partial charge in [0.05, 0.1) is 25.4 Å². The van der Waals surface area contributed by atoms with Gasteiger partial charge in [-0.1, -0.05) is 6.08 Å². The van der Waals surface area contributed by atoms with Crippen LogP contribution < -0.4 is 4.90 Å². The van der Waals surface area contributed by atoms with Crippen molar-refractivity contribution >= 4 is 27.5 Å². The lowest BCUT2D eigenvalue weighted by Crippen LogP contribution is -2.60. The summed E-state index contributed by atoms with van der Waals surface area (Å²) in [5.74, 6) is 0.209. The second-order valence-electron chi connectivity index (χ2n) is 7.87. The fourth-order valence-electron chi connectivity index (χ4n) is 4.28. The van der Waals surface area contributed by atoms with Crippen molar-refractivity contribution in [2.24, 2.45) is 0 Å². The van der Waals surface area contributed by atoms with Crippen LogP contribution in [-0.2, 0) is 14.8 Å². The number of aromatic hydroxyl groups is 1. The maximum absolute atomic E-state index is 13.2. The SMILES string of the molecule is O=S(=O)(C1CC=CS1)N1CCN(c2ccc(O)cc2)[C@H](CN2CCO[C@@H](CO)C2)C1. The lowest BCUT2D eigenvalue weighted by molar-refractivity contribution is -0.0545. The Kier molecular flexibility index (Phi) is 6.91. The van der Waals surface area contributed by atoms with Gasteiger partial charge in [-0.25, -0.2) is 8.42 Å². The smallest absolute Gasteiger partial charge is 0.227 e. The van der Waals surface area contributed by atoms with E-state index in [2.05, 4.69) is 9.80 Å². The molecule has 8 nitrogen and oxygen atoms in total. The van der Waals surface area contributed by atoms with E-state index in [0.29, 0.717) is 45.8 Å². The summed E-state index contributed by atoms with van der Waals surface area (Å²) < 4.78 is 33.1. The van der Waals surface area contributed by atoms with Gasteiger partial charge in [0, 0.05) is 45.0 Å². The number of phenols is 1. The summed E-state index contributed by atoms with van der Waals surface area (Å²) in [7, 11) is -3.38. The highest BCUT2D eigenvalue weighted by Gasteiger charge is 2.39. The number of morpholine rings is 1. The van der Waals surface area contributed by atoms with Gasteiger partial charge in [-0.2, -0.15) is 4.31 Å². The number of anilines is 1. The number of allylic oxidation sites excluding steroid dienone is 1. The van der Waals surface area contributed by atoms with Crippen molar-refractivity contribution in [3.05, 3.63) is 35.7 Å². The Morgan fingerprint density at radius 1 is 1.13 bits per heavy atom. The molecule has 1 aromatic carbocycles. The average Bonchev–Trinajstić information content (AvgIpc) is 3.30. The molecule has 0 aromatic heterocycles. The fourth-order valence-corrected chi connectivity index (χ4v) is 7.42. The molecule has 0 radical (unpaired) electrons. The maximum Gasteiger partial charge on any atom is 0.227 e. The number of nitrogens with zero attached hydrogens (tertiary/aromatic N) is 3. The zero-order valence-electron chi connectivity index (χ0n) is 16.8. The summed E-state index contributed by atoms with van der Waals surface area (Å²) in [6.45, 7) is 4.06. The molecule has 0 bridgehead atoms. The van der Waals surface area contributed by atoms with Crippen LogP contribution in [-0.4, -0.2) is 97.0 Å². The van der Waals surface area contributed by atoms with Crippen molar-refractivity contribution < 1.29 is 23.4 Å². The molecule has 2 saturated heterocycles. The minimum absolute atomic E-state index is 0.0186. The standard InChI is InChI=1S/C20H29N3O5S2/c24-15-19-14-21(9-10-28-19)12-17-13-22(30(26,27)20-2-1-11-29-20)7-8-23(17)16-3-5-18(25)6-4-16/h1,3-6,11,17,19-20,24-25H,2,7-10,12-15H2/t17-,19-,20?/m1/s1. The predicted molar refractivity (Wildman–Crippen MR) is 118 cm³/mol. The molecular weight excluding hydrogens is 426 g/mol. The lowest BCUT2D eigenvalue weighted by Gasteiger charge is -2.45. The number of thioether (sulfide) groups is 1. The zero-order valence-corrected chi connectivity index (χ0v) is 18.5. The highest BCUT2D eigenvalue weighted by atomic mass is 32.3. The van der Waals surface area contributed by atoms with E-state index in [-0.39, 0.29) is 24.5 Å². The van der Waals surface area contributed by atoms with E-state index in [1.54, 1.807) is 16.4 Å². The summed E-state index contributed by atoms with van der Waals surface area (Å²) in [5.41, 5.74) is 0.971. The van der Waals surface area contributed by atoms with Crippen LogP contribution in [0.5, 0.6) is 5.75 Å². The summed E-state index contributed by atoms with van der Waals surface area (Å²) in [5, 5.41) is 21.0. The number of piperazine rings is 1. The Morgan fingerprint density at radius 2 is 1.93 bits per heavy atom. The van der Waals surface area contributed by atoms with Crippen LogP contribution >= 0.6 is 11.8 Å².